The molecular formula is C17H21BrOZn. The first-order valence-corrected chi connectivity index (χ1v) is 8.32. The van der Waals surface area contributed by atoms with Gasteiger partial charge in [0.1, 0.15) is 5.75 Å². The van der Waals surface area contributed by atoms with Crippen LogP contribution in [0.25, 0.3) is 0 Å². The van der Waals surface area contributed by atoms with Gasteiger partial charge in [0.25, 0.3) is 0 Å². The van der Waals surface area contributed by atoms with Crippen LogP contribution < -0.4 is 4.74 Å². The van der Waals surface area contributed by atoms with Crippen molar-refractivity contribution in [2.45, 2.75) is 43.9 Å². The van der Waals surface area contributed by atoms with Gasteiger partial charge < -0.3 is 4.74 Å². The number of rotatable bonds is 2. The van der Waals surface area contributed by atoms with Crippen LogP contribution in [-0.2, 0) is 24.9 Å². The van der Waals surface area contributed by atoms with Crippen molar-refractivity contribution in [1.82, 2.24) is 0 Å². The Balaban J connectivity index is 0.00000121. The average Bonchev–Trinajstić information content (AvgIpc) is 2.37. The molecule has 4 bridgehead atoms. The number of hydrogen-bond acceptors (Lipinski definition) is 1. The van der Waals surface area contributed by atoms with Gasteiger partial charge in [-0.25, -0.2) is 0 Å². The SMILES string of the molecule is COc1ccc(Br)cc1C12CC3CC(CC(C3)C1)C2.[Zn]. The molecule has 4 fully saturated rings. The Morgan fingerprint density at radius 2 is 1.60 bits per heavy atom. The molecule has 20 heavy (non-hydrogen) atoms. The van der Waals surface area contributed by atoms with Crippen LogP contribution in [0.1, 0.15) is 44.1 Å². The summed E-state index contributed by atoms with van der Waals surface area (Å²) in [5.74, 6) is 4.05. The van der Waals surface area contributed by atoms with Crippen molar-refractivity contribution in [2.75, 3.05) is 7.11 Å². The first-order chi connectivity index (χ1) is 9.18. The third-order valence-electron chi connectivity index (χ3n) is 5.77. The van der Waals surface area contributed by atoms with Gasteiger partial charge in [-0.2, -0.15) is 0 Å². The number of benzene rings is 1. The maximum Gasteiger partial charge on any atom is 0.122 e. The minimum Gasteiger partial charge on any atom is -0.496 e. The molecule has 0 spiro atoms. The number of ether oxygens (including phenoxy) is 1. The van der Waals surface area contributed by atoms with Gasteiger partial charge in [0.15, 0.2) is 0 Å². The van der Waals surface area contributed by atoms with Gasteiger partial charge in [0, 0.05) is 29.5 Å². The van der Waals surface area contributed by atoms with Crippen LogP contribution in [-0.4, -0.2) is 7.11 Å². The van der Waals surface area contributed by atoms with Crippen molar-refractivity contribution >= 4 is 15.9 Å². The van der Waals surface area contributed by atoms with Crippen LogP contribution in [0.2, 0.25) is 0 Å². The second kappa shape index (κ2) is 5.39. The molecule has 0 aromatic heterocycles. The molecule has 0 amide bonds. The molecular weight excluding hydrogens is 365 g/mol. The van der Waals surface area contributed by atoms with Gasteiger partial charge in [-0.1, -0.05) is 15.9 Å². The van der Waals surface area contributed by atoms with Crippen molar-refractivity contribution in [3.8, 4) is 5.75 Å². The van der Waals surface area contributed by atoms with E-state index in [1.54, 1.807) is 0 Å². The zero-order valence-corrected chi connectivity index (χ0v) is 16.8. The molecule has 0 radical (unpaired) electrons. The van der Waals surface area contributed by atoms with E-state index in [0.717, 1.165) is 23.5 Å². The Bertz CT molecular complexity index is 478. The van der Waals surface area contributed by atoms with Crippen LogP contribution >= 0.6 is 15.9 Å². The van der Waals surface area contributed by atoms with Crippen LogP contribution in [0, 0.1) is 17.8 Å². The fourth-order valence-electron chi connectivity index (χ4n) is 5.54. The molecule has 0 N–H and O–H groups in total. The minimum absolute atomic E-state index is 0. The average molecular weight is 387 g/mol. The minimum atomic E-state index is 0. The second-order valence-electron chi connectivity index (χ2n) is 7.04. The molecule has 3 heteroatoms. The molecule has 4 aliphatic carbocycles. The quantitative estimate of drug-likeness (QED) is 0.655. The van der Waals surface area contributed by atoms with E-state index in [2.05, 4.69) is 34.1 Å². The van der Waals surface area contributed by atoms with Gasteiger partial charge >= 0.3 is 0 Å². The zero-order chi connectivity index (χ0) is 13.0. The first kappa shape index (κ1) is 15.0. The van der Waals surface area contributed by atoms with E-state index in [4.69, 9.17) is 4.74 Å². The molecule has 4 saturated carbocycles. The summed E-state index contributed by atoms with van der Waals surface area (Å²) in [5, 5.41) is 0. The summed E-state index contributed by atoms with van der Waals surface area (Å²) in [6, 6.07) is 6.56. The van der Waals surface area contributed by atoms with Gasteiger partial charge in [0.2, 0.25) is 0 Å². The maximum atomic E-state index is 5.67. The fourth-order valence-corrected chi connectivity index (χ4v) is 5.90. The summed E-state index contributed by atoms with van der Waals surface area (Å²) < 4.78 is 6.86. The molecule has 5 rings (SSSR count). The van der Waals surface area contributed by atoms with E-state index in [9.17, 15) is 0 Å². The van der Waals surface area contributed by atoms with Gasteiger partial charge in [0.05, 0.1) is 7.11 Å². The van der Waals surface area contributed by atoms with Crippen LogP contribution in [0.15, 0.2) is 22.7 Å². The summed E-state index contributed by atoms with van der Waals surface area (Å²) in [7, 11) is 1.81. The third-order valence-corrected chi connectivity index (χ3v) is 6.26. The molecule has 0 atom stereocenters. The molecule has 0 aliphatic heterocycles. The van der Waals surface area contributed by atoms with E-state index in [1.807, 2.05) is 7.11 Å². The predicted molar refractivity (Wildman–Crippen MR) is 80.5 cm³/mol. The summed E-state index contributed by atoms with van der Waals surface area (Å²) >= 11 is 3.65. The summed E-state index contributed by atoms with van der Waals surface area (Å²) in [4.78, 5) is 0. The van der Waals surface area contributed by atoms with E-state index < -0.39 is 0 Å². The topological polar surface area (TPSA) is 9.23 Å². The molecule has 1 aromatic carbocycles. The molecule has 4 aliphatic rings. The van der Waals surface area contributed by atoms with E-state index in [1.165, 1.54) is 48.6 Å². The number of hydrogen-bond donors (Lipinski definition) is 0. The molecule has 1 aromatic rings. The Morgan fingerprint density at radius 1 is 1.05 bits per heavy atom. The Labute approximate surface area is 142 Å². The summed E-state index contributed by atoms with van der Waals surface area (Å²) in [6.07, 6.45) is 8.67. The van der Waals surface area contributed by atoms with E-state index in [0.29, 0.717) is 5.41 Å². The Morgan fingerprint density at radius 3 is 2.10 bits per heavy atom. The summed E-state index contributed by atoms with van der Waals surface area (Å²) in [6.45, 7) is 0. The number of halogens is 1. The molecule has 1 nitrogen and oxygen atoms in total. The van der Waals surface area contributed by atoms with E-state index >= 15 is 0 Å². The maximum absolute atomic E-state index is 5.67. The van der Waals surface area contributed by atoms with Crippen LogP contribution in [0.3, 0.4) is 0 Å². The van der Waals surface area contributed by atoms with Gasteiger partial charge in [-0.15, -0.1) is 0 Å². The Hall–Kier alpha value is 0.123. The molecule has 0 saturated heterocycles. The zero-order valence-electron chi connectivity index (χ0n) is 12.2. The van der Waals surface area contributed by atoms with E-state index in [-0.39, 0.29) is 19.5 Å². The first-order valence-electron chi connectivity index (χ1n) is 7.52. The monoisotopic (exact) mass is 384 g/mol. The third kappa shape index (κ3) is 2.29. The predicted octanol–water partition coefficient (Wildman–Crippen LogP) is 4.92. The van der Waals surface area contributed by atoms with Gasteiger partial charge in [-0.05, 0) is 79.9 Å². The van der Waals surface area contributed by atoms with Crippen molar-refractivity contribution in [3.63, 3.8) is 0 Å². The van der Waals surface area contributed by atoms with Crippen LogP contribution in [0.5, 0.6) is 5.75 Å². The number of methoxy groups -OCH3 is 1. The fraction of sp³-hybridized carbons (Fsp3) is 0.647. The second-order valence-corrected chi connectivity index (χ2v) is 7.96. The standard InChI is InChI=1S/C17H21BrO.Zn/c1-19-16-3-2-14(18)7-15(16)17-8-11-4-12(9-17)6-13(5-11)10-17;/h2-3,7,11-13H,4-6,8-10H2,1H3;. The van der Waals surface area contributed by atoms with Crippen molar-refractivity contribution in [3.05, 3.63) is 28.2 Å². The Kier molecular flexibility index (Phi) is 4.06. The summed E-state index contributed by atoms with van der Waals surface area (Å²) in [5.41, 5.74) is 1.90. The van der Waals surface area contributed by atoms with Crippen molar-refractivity contribution < 1.29 is 24.2 Å². The normalized spacial score (nSPS) is 37.6. The van der Waals surface area contributed by atoms with Crippen molar-refractivity contribution in [1.29, 1.82) is 0 Å². The largest absolute Gasteiger partial charge is 0.496 e. The molecule has 0 heterocycles. The molecule has 0 unspecified atom stereocenters. The smallest absolute Gasteiger partial charge is 0.122 e. The van der Waals surface area contributed by atoms with Crippen LogP contribution in [0.4, 0.5) is 0 Å². The molecule has 104 valence electrons. The van der Waals surface area contributed by atoms with Gasteiger partial charge in [-0.3, -0.25) is 0 Å². The van der Waals surface area contributed by atoms with Crippen molar-refractivity contribution in [2.24, 2.45) is 17.8 Å².